The number of nitrogens with zero attached hydrogens (tertiary/aromatic N) is 19. The second-order valence-electron chi connectivity index (χ2n) is 30.4. The number of halogens is 10. The topological polar surface area (TPSA) is 476 Å². The van der Waals surface area contributed by atoms with E-state index in [2.05, 4.69) is 74.5 Å². The van der Waals surface area contributed by atoms with E-state index in [0.717, 1.165) is 32.7 Å². The number of hydrogen-bond donors (Lipinski definition) is 2. The number of pyridine rings is 2. The van der Waals surface area contributed by atoms with E-state index in [9.17, 15) is 38.5 Å². The van der Waals surface area contributed by atoms with Gasteiger partial charge in [0.25, 0.3) is 0 Å². The second-order valence-corrected chi connectivity index (χ2v) is 43.2. The molecule has 38 nitrogen and oxygen atoms in total. The van der Waals surface area contributed by atoms with Gasteiger partial charge in [0.2, 0.25) is 40.3 Å². The lowest BCUT2D eigenvalue weighted by atomic mass is 9.80. The number of nitrogens with two attached hydrogens (primary N) is 2. The molecule has 2 aliphatic carbocycles. The molecule has 8 fully saturated rings. The molecule has 8 aromatic heterocycles. The lowest BCUT2D eigenvalue weighted by Crippen LogP contribution is -2.41. The van der Waals surface area contributed by atoms with E-state index in [1.54, 1.807) is 36.7 Å². The lowest BCUT2D eigenvalue weighted by Gasteiger charge is -2.32. The first kappa shape index (κ1) is 105. The highest BCUT2D eigenvalue weighted by atomic mass is 35.5. The number of methoxy groups -OCH3 is 1. The monoisotopic (exact) mass is 2050 g/mol. The predicted molar refractivity (Wildman–Crippen MR) is 496 cm³/mol. The number of anilines is 7. The van der Waals surface area contributed by atoms with Gasteiger partial charge in [0, 0.05) is 131 Å². The van der Waals surface area contributed by atoms with Crippen molar-refractivity contribution >= 4 is 215 Å². The van der Waals surface area contributed by atoms with E-state index in [4.69, 9.17) is 160 Å². The SMILES string of the molecule is C.CC1(C)OB(c2cnc(N)cc2Cl)OC1(C)C.COC(=O)C(c1cc(Cl)nc(N2CCOCC2)n1)S(C)(=O)=O.CS(=O)(=O)C1(c2cc(-c3cnc(N)cc3Cl)nc(N3CCOCC3)n2)CC1.CS(=O)(=O)C1(c2cc(Cl)nc(N3CCOCC3)n2)CC1.CS(=O)(=O)Cc1cc(Cl)nc(N2CCOCC2)n1.Clc1cc(Cl)nc(Cl)n1.Clc1cc(Cl)nc(N2CCOCC2)n1. The van der Waals surface area contributed by atoms with Gasteiger partial charge in [-0.25, -0.2) is 103 Å². The number of sulfone groups is 4. The standard InChI is InChI=1S/C17H20ClN5O3S.C12H16ClN3O5S.C12H16ClN3O3S.C11H16BClN2O2.C10H14ClN3O3S.C8H9Cl2N3O.C4HCl3N2.CH4/c1-27(24,25)17(2-3-17)14-9-13(11-10-20-15(19)8-12(11)18)21-16(22-14)23-4-6-26-7-5-23;1-20-11(17)10(22(2,18)19)8-7-9(13)15-12(14-8)16-3-5-21-6-4-16;1-20(17,18)12(2-3-12)9-8-10(13)15-11(14-9)16-4-6-19-7-5-16;1-10(2)11(3,4)17-12(16-10)7-6-15-9(14)5-8(7)13;1-18(15,16)7-8-6-9(11)13-10(12-8)14-2-4-17-5-3-14;9-6-5-7(10)12-8(11-6)13-1-3-14-4-2-13;5-2-1-3(6)9-4(7)8-2;/h8-10H,2-7H2,1H3,(H2,19,20);7,10H,3-6H2,1-2H3;8H,2-7H2,1H3;5-6H,1-4H3,(H2,14,15);6H,2-5,7H2,1H3;5H,1-4H2;1H;1H4. The highest BCUT2D eigenvalue weighted by Crippen LogP contribution is 2.54. The molecule has 14 heterocycles. The van der Waals surface area contributed by atoms with Crippen LogP contribution in [0.4, 0.5) is 41.4 Å². The molecule has 6 aliphatic heterocycles. The van der Waals surface area contributed by atoms with Gasteiger partial charge in [-0.2, -0.15) is 0 Å². The summed E-state index contributed by atoms with van der Waals surface area (Å²) in [6.07, 6.45) is 10.1. The molecular formula is C75H96BCl10N21O17S4. The maximum absolute atomic E-state index is 12.4. The number of carbonyl (C=O) groups is 1. The molecule has 0 spiro atoms. The lowest BCUT2D eigenvalue weighted by molar-refractivity contribution is -0.140. The molecule has 53 heteroatoms. The average Bonchev–Trinajstić information content (AvgIpc) is 1.57. The summed E-state index contributed by atoms with van der Waals surface area (Å²) >= 11 is 58.1. The quantitative estimate of drug-likeness (QED) is 0.0393. The Morgan fingerprint density at radius 2 is 0.773 bits per heavy atom. The number of carbonyl (C=O) groups excluding carboxylic acids is 1. The van der Waals surface area contributed by atoms with Crippen molar-refractivity contribution in [3.05, 3.63) is 135 Å². The van der Waals surface area contributed by atoms with Crippen LogP contribution in [0.15, 0.2) is 60.9 Å². The summed E-state index contributed by atoms with van der Waals surface area (Å²) < 4.78 is 136. The summed E-state index contributed by atoms with van der Waals surface area (Å²) in [4.78, 5) is 79.5. The fourth-order valence-electron chi connectivity index (χ4n) is 12.8. The number of esters is 1. The Kier molecular flexibility index (Phi) is 37.2. The Labute approximate surface area is 793 Å². The van der Waals surface area contributed by atoms with Crippen molar-refractivity contribution in [3.8, 4) is 11.3 Å². The van der Waals surface area contributed by atoms with Crippen LogP contribution in [0.3, 0.4) is 0 Å². The molecule has 700 valence electrons. The summed E-state index contributed by atoms with van der Waals surface area (Å²) in [6.45, 7) is 20.6. The molecular weight excluding hydrogens is 1960 g/mol. The summed E-state index contributed by atoms with van der Waals surface area (Å²) in [7, 11) is -12.8. The first-order valence-electron chi connectivity index (χ1n) is 38.9. The van der Waals surface area contributed by atoms with Crippen LogP contribution >= 0.6 is 116 Å². The Morgan fingerprint density at radius 3 is 1.13 bits per heavy atom. The third kappa shape index (κ3) is 29.2. The zero-order chi connectivity index (χ0) is 92.8. The average molecular weight is 2060 g/mol. The van der Waals surface area contributed by atoms with Crippen molar-refractivity contribution in [1.29, 1.82) is 0 Å². The molecule has 1 atom stereocenters. The van der Waals surface area contributed by atoms with Gasteiger partial charge >= 0.3 is 13.1 Å². The van der Waals surface area contributed by atoms with Crippen LogP contribution in [0.1, 0.15) is 88.8 Å². The molecule has 0 radical (unpaired) electrons. The Bertz CT molecular complexity index is 5600. The summed E-state index contributed by atoms with van der Waals surface area (Å²) in [5.74, 6) is 1.92. The van der Waals surface area contributed by atoms with Crippen LogP contribution in [0.25, 0.3) is 11.3 Å². The summed E-state index contributed by atoms with van der Waals surface area (Å²) in [5, 5.41) is 1.28. The van der Waals surface area contributed by atoms with E-state index in [1.807, 2.05) is 52.2 Å². The fraction of sp³-hybridized carbons (Fsp3) is 0.533. The van der Waals surface area contributed by atoms with Gasteiger partial charge in [-0.15, -0.1) is 0 Å². The molecule has 2 saturated carbocycles. The molecule has 0 amide bonds. The molecule has 4 N–H and O–H groups in total. The van der Waals surface area contributed by atoms with Crippen molar-refractivity contribution < 1.29 is 76.2 Å². The van der Waals surface area contributed by atoms with Gasteiger partial charge < -0.3 is 73.7 Å². The zero-order valence-corrected chi connectivity index (χ0v) is 80.9. The molecule has 8 aromatic rings. The van der Waals surface area contributed by atoms with Gasteiger partial charge in [0.15, 0.2) is 39.3 Å². The smallest absolute Gasteiger partial charge is 0.468 e. The minimum Gasteiger partial charge on any atom is -0.468 e. The van der Waals surface area contributed by atoms with Crippen molar-refractivity contribution in [2.24, 2.45) is 0 Å². The molecule has 8 aliphatic rings. The second kappa shape index (κ2) is 45.4. The van der Waals surface area contributed by atoms with Crippen LogP contribution in [0, 0.1) is 0 Å². The van der Waals surface area contributed by atoms with Gasteiger partial charge in [-0.3, -0.25) is 4.79 Å². The minimum atomic E-state index is -3.76. The molecule has 6 saturated heterocycles. The number of ether oxygens (including phenoxy) is 6. The largest absolute Gasteiger partial charge is 0.497 e. The van der Waals surface area contributed by atoms with E-state index >= 15 is 0 Å². The van der Waals surface area contributed by atoms with Crippen LogP contribution in [0.2, 0.25) is 51.4 Å². The minimum absolute atomic E-state index is 0. The van der Waals surface area contributed by atoms with Crippen molar-refractivity contribution in [2.45, 2.75) is 92.5 Å². The van der Waals surface area contributed by atoms with Crippen molar-refractivity contribution in [1.82, 2.24) is 69.8 Å². The van der Waals surface area contributed by atoms with Gasteiger partial charge in [0.05, 0.1) is 124 Å². The van der Waals surface area contributed by atoms with Crippen LogP contribution in [0.5, 0.6) is 0 Å². The molecule has 1 unspecified atom stereocenters. The van der Waals surface area contributed by atoms with E-state index in [0.29, 0.717) is 234 Å². The molecule has 0 aromatic carbocycles. The molecule has 128 heavy (non-hydrogen) atoms. The van der Waals surface area contributed by atoms with Crippen LogP contribution in [-0.2, 0) is 97.1 Å². The first-order chi connectivity index (χ1) is 59.6. The normalized spacial score (nSPS) is 18.2. The Hall–Kier alpha value is -6.67. The molecule has 0 bridgehead atoms. The first-order valence-corrected chi connectivity index (χ1v) is 50.5. The van der Waals surface area contributed by atoms with E-state index in [-0.39, 0.29) is 67.1 Å². The number of hydrogen-bond acceptors (Lipinski definition) is 38. The summed E-state index contributed by atoms with van der Waals surface area (Å²) in [5.41, 5.74) is 13.7. The molecule has 16 rings (SSSR count). The van der Waals surface area contributed by atoms with Gasteiger partial charge in [-0.05, 0) is 101 Å². The van der Waals surface area contributed by atoms with E-state index in [1.165, 1.54) is 36.8 Å². The zero-order valence-electron chi connectivity index (χ0n) is 70.1. The third-order valence-electron chi connectivity index (χ3n) is 20.4. The fourth-order valence-corrected chi connectivity index (χ4v) is 19.3. The number of morpholine rings is 5. The number of aromatic nitrogens is 14. The number of rotatable bonds is 16. The van der Waals surface area contributed by atoms with Crippen molar-refractivity contribution in [3.63, 3.8) is 0 Å². The van der Waals surface area contributed by atoms with Crippen LogP contribution in [-0.4, -0.2) is 291 Å². The van der Waals surface area contributed by atoms with E-state index < -0.39 is 67.2 Å². The maximum Gasteiger partial charge on any atom is 0.497 e. The summed E-state index contributed by atoms with van der Waals surface area (Å²) in [6, 6.07) is 12.1. The number of nitrogen functional groups attached to an aromatic ring is 2. The Balaban J connectivity index is 0.000000171. The Morgan fingerprint density at radius 1 is 0.438 bits per heavy atom. The van der Waals surface area contributed by atoms with Crippen LogP contribution < -0.4 is 41.4 Å². The highest BCUT2D eigenvalue weighted by molar-refractivity contribution is 7.92. The van der Waals surface area contributed by atoms with Gasteiger partial charge in [0.1, 0.15) is 57.2 Å². The highest BCUT2D eigenvalue weighted by Gasteiger charge is 2.57. The van der Waals surface area contributed by atoms with Gasteiger partial charge in [-0.1, -0.05) is 112 Å². The third-order valence-corrected chi connectivity index (χ3v) is 28.8. The maximum atomic E-state index is 12.4. The van der Waals surface area contributed by atoms with Crippen molar-refractivity contribution in [2.75, 3.05) is 200 Å². The predicted octanol–water partition coefficient (Wildman–Crippen LogP) is 9.69.